The molecule has 13 nitrogen and oxygen atoms in total. The van der Waals surface area contributed by atoms with Gasteiger partial charge in [-0.25, -0.2) is 0 Å². The maximum absolute atomic E-state index is 10.6. The lowest BCUT2D eigenvalue weighted by Crippen LogP contribution is -2.15. The molecule has 13 heteroatoms. The second-order valence-electron chi connectivity index (χ2n) is 9.49. The Kier molecular flexibility index (Phi) is 39.2. The van der Waals surface area contributed by atoms with Crippen molar-refractivity contribution >= 4 is 5.97 Å². The Balaban J connectivity index is 3.04. The van der Waals surface area contributed by atoms with Crippen molar-refractivity contribution in [2.75, 3.05) is 152 Å². The molecule has 0 fully saturated rings. The highest BCUT2D eigenvalue weighted by Gasteiger charge is 1.97. The first kappa shape index (κ1) is 43.0. The molecule has 0 saturated carbocycles. The van der Waals surface area contributed by atoms with E-state index in [0.717, 1.165) is 13.0 Å². The van der Waals surface area contributed by atoms with Crippen LogP contribution in [0.4, 0.5) is 0 Å². The summed E-state index contributed by atoms with van der Waals surface area (Å²) >= 11 is 0. The van der Waals surface area contributed by atoms with E-state index in [2.05, 4.69) is 6.92 Å². The summed E-state index contributed by atoms with van der Waals surface area (Å²) in [6.45, 7) is 15.4. The van der Waals surface area contributed by atoms with Gasteiger partial charge in [0.1, 0.15) is 6.61 Å². The number of esters is 1. The van der Waals surface area contributed by atoms with E-state index in [0.29, 0.717) is 139 Å². The van der Waals surface area contributed by atoms with Crippen molar-refractivity contribution in [2.45, 2.75) is 46.0 Å². The SMILES string of the molecule is CCCCCCCOCCOCCOCCOCCOCCOCCOCCOCCOCCOCCOCCOC(C)=O. The molecule has 0 heterocycles. The monoisotopic (exact) mass is 642 g/mol. The molecule has 0 aliphatic heterocycles. The van der Waals surface area contributed by atoms with Crippen LogP contribution in [0, 0.1) is 0 Å². The van der Waals surface area contributed by atoms with E-state index >= 15 is 0 Å². The van der Waals surface area contributed by atoms with Gasteiger partial charge < -0.3 is 56.8 Å². The van der Waals surface area contributed by atoms with Crippen molar-refractivity contribution in [1.82, 2.24) is 0 Å². The molecule has 0 radical (unpaired) electrons. The molecule has 0 unspecified atom stereocenters. The van der Waals surface area contributed by atoms with Gasteiger partial charge in [0.15, 0.2) is 0 Å². The zero-order valence-electron chi connectivity index (χ0n) is 27.6. The van der Waals surface area contributed by atoms with Crippen molar-refractivity contribution in [2.24, 2.45) is 0 Å². The van der Waals surface area contributed by atoms with Crippen LogP contribution in [-0.4, -0.2) is 158 Å². The molecule has 0 amide bonds. The molecule has 0 aromatic rings. The van der Waals surface area contributed by atoms with E-state index in [1.54, 1.807) is 0 Å². The molecule has 264 valence electrons. The molecule has 0 rings (SSSR count). The minimum atomic E-state index is -0.309. The van der Waals surface area contributed by atoms with Gasteiger partial charge in [-0.1, -0.05) is 32.6 Å². The summed E-state index contributed by atoms with van der Waals surface area (Å²) in [4.78, 5) is 10.6. The molecular weight excluding hydrogens is 580 g/mol. The number of unbranched alkanes of at least 4 members (excludes halogenated alkanes) is 4. The summed E-state index contributed by atoms with van der Waals surface area (Å²) in [5.74, 6) is -0.309. The van der Waals surface area contributed by atoms with Gasteiger partial charge in [0.25, 0.3) is 0 Å². The molecule has 0 aromatic carbocycles. The lowest BCUT2D eigenvalue weighted by Gasteiger charge is -2.09. The average molecular weight is 643 g/mol. The normalized spacial score (nSPS) is 11.4. The number of hydrogen-bond acceptors (Lipinski definition) is 13. The summed E-state index contributed by atoms with van der Waals surface area (Å²) in [7, 11) is 0. The van der Waals surface area contributed by atoms with Crippen LogP contribution in [-0.2, 0) is 61.6 Å². The minimum absolute atomic E-state index is 0.260. The van der Waals surface area contributed by atoms with Gasteiger partial charge in [0.05, 0.1) is 139 Å². The molecular formula is C31H62O13. The fourth-order valence-corrected chi connectivity index (χ4v) is 3.35. The Morgan fingerprint density at radius 3 is 0.795 bits per heavy atom. The number of rotatable bonds is 39. The highest BCUT2D eigenvalue weighted by atomic mass is 16.6. The van der Waals surface area contributed by atoms with E-state index < -0.39 is 0 Å². The highest BCUT2D eigenvalue weighted by Crippen LogP contribution is 2.02. The van der Waals surface area contributed by atoms with Crippen LogP contribution in [0.3, 0.4) is 0 Å². The Morgan fingerprint density at radius 1 is 0.318 bits per heavy atom. The predicted molar refractivity (Wildman–Crippen MR) is 164 cm³/mol. The number of ether oxygens (including phenoxy) is 12. The smallest absolute Gasteiger partial charge is 0.302 e. The third-order valence-electron chi connectivity index (χ3n) is 5.65. The van der Waals surface area contributed by atoms with Crippen LogP contribution in [0.1, 0.15) is 46.0 Å². The van der Waals surface area contributed by atoms with Crippen molar-refractivity contribution < 1.29 is 61.6 Å². The zero-order chi connectivity index (χ0) is 31.9. The second kappa shape index (κ2) is 40.1. The minimum Gasteiger partial charge on any atom is -0.463 e. The van der Waals surface area contributed by atoms with Crippen LogP contribution < -0.4 is 0 Å². The van der Waals surface area contributed by atoms with Crippen molar-refractivity contribution in [3.63, 3.8) is 0 Å². The summed E-state index contributed by atoms with van der Waals surface area (Å²) in [5, 5.41) is 0. The summed E-state index contributed by atoms with van der Waals surface area (Å²) in [5.41, 5.74) is 0. The number of carbonyl (C=O) groups is 1. The van der Waals surface area contributed by atoms with Gasteiger partial charge in [-0.05, 0) is 6.42 Å². The maximum Gasteiger partial charge on any atom is 0.302 e. The first-order valence-electron chi connectivity index (χ1n) is 16.3. The number of carbonyl (C=O) groups excluding carboxylic acids is 1. The van der Waals surface area contributed by atoms with Crippen molar-refractivity contribution in [1.29, 1.82) is 0 Å². The molecule has 0 atom stereocenters. The Morgan fingerprint density at radius 2 is 0.545 bits per heavy atom. The van der Waals surface area contributed by atoms with Crippen LogP contribution in [0.2, 0.25) is 0 Å². The van der Waals surface area contributed by atoms with Gasteiger partial charge in [-0.15, -0.1) is 0 Å². The molecule has 0 aliphatic rings. The van der Waals surface area contributed by atoms with Crippen molar-refractivity contribution in [3.05, 3.63) is 0 Å². The first-order valence-corrected chi connectivity index (χ1v) is 16.3. The molecule has 0 saturated heterocycles. The lowest BCUT2D eigenvalue weighted by molar-refractivity contribution is -0.142. The predicted octanol–water partition coefficient (Wildman–Crippen LogP) is 2.70. The van der Waals surface area contributed by atoms with Crippen LogP contribution in [0.25, 0.3) is 0 Å². The second-order valence-corrected chi connectivity index (χ2v) is 9.49. The van der Waals surface area contributed by atoms with Gasteiger partial charge in [-0.3, -0.25) is 4.79 Å². The van der Waals surface area contributed by atoms with Gasteiger partial charge >= 0.3 is 5.97 Å². The van der Waals surface area contributed by atoms with E-state index in [9.17, 15) is 4.79 Å². The van der Waals surface area contributed by atoms with Gasteiger partial charge in [-0.2, -0.15) is 0 Å². The Hall–Kier alpha value is -0.970. The molecule has 0 aliphatic carbocycles. The highest BCUT2D eigenvalue weighted by molar-refractivity contribution is 5.65. The molecule has 44 heavy (non-hydrogen) atoms. The summed E-state index contributed by atoms with van der Waals surface area (Å²) in [6.07, 6.45) is 6.27. The topological polar surface area (TPSA) is 128 Å². The quantitative estimate of drug-likeness (QED) is 0.0721. The van der Waals surface area contributed by atoms with E-state index in [1.165, 1.54) is 32.6 Å². The molecule has 0 bridgehead atoms. The average Bonchev–Trinajstić information content (AvgIpc) is 3.02. The zero-order valence-corrected chi connectivity index (χ0v) is 27.6. The van der Waals surface area contributed by atoms with Crippen LogP contribution in [0.15, 0.2) is 0 Å². The van der Waals surface area contributed by atoms with E-state index in [1.807, 2.05) is 0 Å². The molecule has 0 aromatic heterocycles. The summed E-state index contributed by atoms with van der Waals surface area (Å²) in [6, 6.07) is 0. The van der Waals surface area contributed by atoms with E-state index in [-0.39, 0.29) is 12.6 Å². The number of hydrogen-bond donors (Lipinski definition) is 0. The lowest BCUT2D eigenvalue weighted by atomic mass is 10.2. The first-order chi connectivity index (χ1) is 21.8. The fraction of sp³-hybridized carbons (Fsp3) is 0.968. The summed E-state index contributed by atoms with van der Waals surface area (Å²) < 4.78 is 64.7. The van der Waals surface area contributed by atoms with Crippen LogP contribution in [0.5, 0.6) is 0 Å². The third kappa shape index (κ3) is 41.0. The standard InChI is InChI=1S/C31H62O13/c1-3-4-5-6-7-8-33-9-10-34-11-12-35-13-14-36-15-16-37-17-18-38-19-20-39-21-22-40-23-24-41-25-26-42-27-28-43-29-30-44-31(2)32/h3-30H2,1-2H3. The fourth-order valence-electron chi connectivity index (χ4n) is 3.35. The van der Waals surface area contributed by atoms with Crippen LogP contribution >= 0.6 is 0 Å². The molecule has 0 spiro atoms. The Bertz CT molecular complexity index is 543. The van der Waals surface area contributed by atoms with Gasteiger partial charge in [0, 0.05) is 13.5 Å². The van der Waals surface area contributed by atoms with Crippen molar-refractivity contribution in [3.8, 4) is 0 Å². The largest absolute Gasteiger partial charge is 0.463 e. The third-order valence-corrected chi connectivity index (χ3v) is 5.65. The molecule has 0 N–H and O–H groups in total. The van der Waals surface area contributed by atoms with Gasteiger partial charge in [0.2, 0.25) is 0 Å². The maximum atomic E-state index is 10.6. The Labute approximate surface area is 265 Å². The van der Waals surface area contributed by atoms with E-state index in [4.69, 9.17) is 56.8 Å².